The molecule has 30 heavy (non-hydrogen) atoms. The molecule has 2 aromatic heterocycles. The minimum absolute atomic E-state index is 0.293. The predicted molar refractivity (Wildman–Crippen MR) is 119 cm³/mol. The highest BCUT2D eigenvalue weighted by Gasteiger charge is 2.20. The molecule has 152 valence electrons. The molecule has 0 aliphatic carbocycles. The Hall–Kier alpha value is -3.53. The number of carboxylic acid groups (broad SMARTS) is 1. The van der Waals surface area contributed by atoms with Gasteiger partial charge in [-0.05, 0) is 53.3 Å². The lowest BCUT2D eigenvalue weighted by atomic mass is 9.93. The number of hydrogen-bond donors (Lipinski definition) is 1. The van der Waals surface area contributed by atoms with Crippen LogP contribution >= 0.6 is 0 Å². The molecule has 1 N–H and O–H groups in total. The van der Waals surface area contributed by atoms with Crippen LogP contribution < -0.4 is 4.74 Å². The number of benzene rings is 2. The van der Waals surface area contributed by atoms with E-state index in [2.05, 4.69) is 19.9 Å². The molecule has 0 amide bonds. The van der Waals surface area contributed by atoms with Crippen molar-refractivity contribution in [3.05, 3.63) is 95.8 Å². The summed E-state index contributed by atoms with van der Waals surface area (Å²) in [6, 6.07) is 21.7. The molecule has 0 aliphatic rings. The van der Waals surface area contributed by atoms with Crippen LogP contribution in [0, 0.1) is 0 Å². The molecular weight excluding hydrogens is 374 g/mol. The number of carbonyl (C=O) groups is 1. The first-order chi connectivity index (χ1) is 14.6. The molecule has 4 rings (SSSR count). The Labute approximate surface area is 176 Å². The molecule has 0 bridgehead atoms. The van der Waals surface area contributed by atoms with Crippen LogP contribution in [0.3, 0.4) is 0 Å². The Morgan fingerprint density at radius 2 is 1.83 bits per heavy atom. The van der Waals surface area contributed by atoms with Gasteiger partial charge in [-0.15, -0.1) is 0 Å². The maximum Gasteiger partial charge on any atom is 0.338 e. The van der Waals surface area contributed by atoms with Gasteiger partial charge in [0.1, 0.15) is 12.4 Å². The van der Waals surface area contributed by atoms with Gasteiger partial charge in [-0.1, -0.05) is 56.3 Å². The molecule has 0 saturated carbocycles. The number of carboxylic acids is 1. The van der Waals surface area contributed by atoms with Crippen molar-refractivity contribution in [2.45, 2.75) is 32.8 Å². The summed E-state index contributed by atoms with van der Waals surface area (Å²) >= 11 is 0. The summed E-state index contributed by atoms with van der Waals surface area (Å²) in [4.78, 5) is 12.0. The maximum absolute atomic E-state index is 12.0. The number of hydrogen-bond acceptors (Lipinski definition) is 2. The second-order valence-corrected chi connectivity index (χ2v) is 7.55. The van der Waals surface area contributed by atoms with Gasteiger partial charge in [-0.3, -0.25) is 0 Å². The first-order valence-electron chi connectivity index (χ1n) is 10.2. The number of aromatic carboxylic acids is 1. The summed E-state index contributed by atoms with van der Waals surface area (Å²) in [5.74, 6) is 0.215. The van der Waals surface area contributed by atoms with Crippen LogP contribution in [-0.2, 0) is 6.61 Å². The van der Waals surface area contributed by atoms with Gasteiger partial charge in [0.05, 0.1) is 11.1 Å². The van der Waals surface area contributed by atoms with Crippen molar-refractivity contribution < 1.29 is 14.6 Å². The second kappa shape index (κ2) is 8.46. The highest BCUT2D eigenvalue weighted by Crippen LogP contribution is 2.36. The Kier molecular flexibility index (Phi) is 5.57. The minimum Gasteiger partial charge on any atom is -0.489 e. The van der Waals surface area contributed by atoms with Crippen molar-refractivity contribution in [1.82, 2.24) is 4.40 Å². The van der Waals surface area contributed by atoms with Crippen LogP contribution in [0.15, 0.2) is 79.1 Å². The first kappa shape index (κ1) is 19.8. The average molecular weight is 399 g/mol. The fourth-order valence-corrected chi connectivity index (χ4v) is 3.75. The lowest BCUT2D eigenvalue weighted by molar-refractivity contribution is 0.0700. The molecule has 0 aliphatic heterocycles. The van der Waals surface area contributed by atoms with Crippen molar-refractivity contribution in [2.24, 2.45) is 0 Å². The van der Waals surface area contributed by atoms with Crippen molar-refractivity contribution in [3.63, 3.8) is 0 Å². The predicted octanol–water partition coefficient (Wildman–Crippen LogP) is 6.40. The van der Waals surface area contributed by atoms with E-state index in [0.29, 0.717) is 29.2 Å². The van der Waals surface area contributed by atoms with E-state index >= 15 is 0 Å². The van der Waals surface area contributed by atoms with Crippen LogP contribution in [0.5, 0.6) is 5.75 Å². The number of pyridine rings is 1. The third kappa shape index (κ3) is 3.81. The molecule has 0 spiro atoms. The molecule has 0 saturated heterocycles. The first-order valence-corrected chi connectivity index (χ1v) is 10.2. The quantitative estimate of drug-likeness (QED) is 0.391. The smallest absolute Gasteiger partial charge is 0.338 e. The molecule has 4 nitrogen and oxygen atoms in total. The molecule has 4 heteroatoms. The molecule has 0 radical (unpaired) electrons. The van der Waals surface area contributed by atoms with Gasteiger partial charge in [-0.2, -0.15) is 0 Å². The van der Waals surface area contributed by atoms with E-state index in [-0.39, 0.29) is 0 Å². The van der Waals surface area contributed by atoms with E-state index in [4.69, 9.17) is 4.74 Å². The molecular formula is C26H25NO3. The summed E-state index contributed by atoms with van der Waals surface area (Å²) < 4.78 is 8.01. The summed E-state index contributed by atoms with van der Waals surface area (Å²) in [6.07, 6.45) is 4.73. The molecule has 1 unspecified atom stereocenters. The Balaban J connectivity index is 1.76. The SMILES string of the molecule is CCC(C)c1cc(-c2cn3ccccc3c2C(=O)O)ccc1OCc1ccccc1. The van der Waals surface area contributed by atoms with Gasteiger partial charge < -0.3 is 14.2 Å². The lowest BCUT2D eigenvalue weighted by Gasteiger charge is -2.17. The van der Waals surface area contributed by atoms with Gasteiger partial charge in [0.2, 0.25) is 0 Å². The zero-order chi connectivity index (χ0) is 21.1. The highest BCUT2D eigenvalue weighted by atomic mass is 16.5. The number of ether oxygens (including phenoxy) is 1. The lowest BCUT2D eigenvalue weighted by Crippen LogP contribution is -2.02. The van der Waals surface area contributed by atoms with Gasteiger partial charge in [0.15, 0.2) is 0 Å². The number of fused-ring (bicyclic) bond motifs is 1. The summed E-state index contributed by atoms with van der Waals surface area (Å²) in [5.41, 5.74) is 4.82. The van der Waals surface area contributed by atoms with Crippen LogP contribution in [0.2, 0.25) is 0 Å². The van der Waals surface area contributed by atoms with Gasteiger partial charge in [0.25, 0.3) is 0 Å². The fraction of sp³-hybridized carbons (Fsp3) is 0.192. The Morgan fingerprint density at radius 3 is 2.57 bits per heavy atom. The van der Waals surface area contributed by atoms with Crippen LogP contribution in [0.4, 0.5) is 0 Å². The van der Waals surface area contributed by atoms with Crippen molar-refractivity contribution >= 4 is 11.5 Å². The summed E-state index contributed by atoms with van der Waals surface area (Å²) in [5, 5.41) is 9.87. The van der Waals surface area contributed by atoms with Gasteiger partial charge in [-0.25, -0.2) is 4.79 Å². The van der Waals surface area contributed by atoms with Crippen LogP contribution in [0.1, 0.15) is 47.7 Å². The van der Waals surface area contributed by atoms with Gasteiger partial charge in [0, 0.05) is 18.0 Å². The molecule has 0 fully saturated rings. The summed E-state index contributed by atoms with van der Waals surface area (Å²) in [6.45, 7) is 4.82. The zero-order valence-electron chi connectivity index (χ0n) is 17.2. The molecule has 1 atom stereocenters. The van der Waals surface area contributed by atoms with Crippen LogP contribution in [-0.4, -0.2) is 15.5 Å². The van der Waals surface area contributed by atoms with E-state index in [1.165, 1.54) is 0 Å². The number of rotatable bonds is 7. The average Bonchev–Trinajstić information content (AvgIpc) is 3.17. The summed E-state index contributed by atoms with van der Waals surface area (Å²) in [7, 11) is 0. The monoisotopic (exact) mass is 399 g/mol. The largest absolute Gasteiger partial charge is 0.489 e. The van der Waals surface area contributed by atoms with E-state index in [1.54, 1.807) is 0 Å². The third-order valence-corrected chi connectivity index (χ3v) is 5.60. The van der Waals surface area contributed by atoms with Crippen molar-refractivity contribution in [3.8, 4) is 16.9 Å². The van der Waals surface area contributed by atoms with E-state index in [1.807, 2.05) is 77.5 Å². The highest BCUT2D eigenvalue weighted by molar-refractivity contribution is 6.03. The van der Waals surface area contributed by atoms with E-state index in [0.717, 1.165) is 28.9 Å². The minimum atomic E-state index is -0.923. The normalized spacial score (nSPS) is 12.1. The fourth-order valence-electron chi connectivity index (χ4n) is 3.75. The van der Waals surface area contributed by atoms with Crippen LogP contribution in [0.25, 0.3) is 16.6 Å². The maximum atomic E-state index is 12.0. The van der Waals surface area contributed by atoms with Crippen molar-refractivity contribution in [1.29, 1.82) is 0 Å². The topological polar surface area (TPSA) is 50.9 Å². The molecule has 2 heterocycles. The van der Waals surface area contributed by atoms with Gasteiger partial charge >= 0.3 is 5.97 Å². The zero-order valence-corrected chi connectivity index (χ0v) is 17.2. The van der Waals surface area contributed by atoms with E-state index in [9.17, 15) is 9.90 Å². The second-order valence-electron chi connectivity index (χ2n) is 7.55. The standard InChI is InChI=1S/C26H25NO3/c1-3-18(2)21-15-20(12-13-24(21)30-17-19-9-5-4-6-10-19)22-16-27-14-8-7-11-23(27)25(22)26(28)29/h4-16,18H,3,17H2,1-2H3,(H,28,29). The Morgan fingerprint density at radius 1 is 1.07 bits per heavy atom. The van der Waals surface area contributed by atoms with Crippen molar-refractivity contribution in [2.75, 3.05) is 0 Å². The third-order valence-electron chi connectivity index (χ3n) is 5.60. The Bertz CT molecular complexity index is 1180. The number of nitrogens with zero attached hydrogens (tertiary/aromatic N) is 1. The number of aromatic nitrogens is 1. The molecule has 2 aromatic carbocycles. The molecule has 4 aromatic rings. The van der Waals surface area contributed by atoms with E-state index < -0.39 is 5.97 Å².